The Morgan fingerprint density at radius 2 is 2.11 bits per heavy atom. The van der Waals surface area contributed by atoms with E-state index in [0.29, 0.717) is 25.2 Å². The van der Waals surface area contributed by atoms with Gasteiger partial charge in [0.2, 0.25) is 0 Å². The molecule has 2 aliphatic heterocycles. The number of rotatable bonds is 2. The maximum atomic E-state index is 6.57. The lowest BCUT2D eigenvalue weighted by atomic mass is 9.91. The molecule has 0 aromatic heterocycles. The molecule has 1 aromatic rings. The third-order valence-corrected chi connectivity index (χ3v) is 4.23. The average Bonchev–Trinajstić information content (AvgIpc) is 2.92. The fraction of sp³-hybridized carbons (Fsp3) is 0.600. The van der Waals surface area contributed by atoms with Gasteiger partial charge in [0, 0.05) is 6.04 Å². The molecule has 1 N–H and O–H groups in total. The smallest absolute Gasteiger partial charge is 0.180 e. The summed E-state index contributed by atoms with van der Waals surface area (Å²) in [5, 5.41) is 4.28. The molecule has 2 aliphatic rings. The summed E-state index contributed by atoms with van der Waals surface area (Å²) in [4.78, 5) is 0. The van der Waals surface area contributed by atoms with Crippen molar-refractivity contribution in [2.45, 2.75) is 38.6 Å². The lowest BCUT2D eigenvalue weighted by Gasteiger charge is -2.26. The largest absolute Gasteiger partial charge is 0.486 e. The normalized spacial score (nSPS) is 22.0. The Morgan fingerprint density at radius 1 is 1.32 bits per heavy atom. The van der Waals surface area contributed by atoms with Crippen LogP contribution >= 0.6 is 11.6 Å². The van der Waals surface area contributed by atoms with Gasteiger partial charge in [-0.15, -0.1) is 0 Å². The van der Waals surface area contributed by atoms with Crippen molar-refractivity contribution in [1.29, 1.82) is 0 Å². The Balaban J connectivity index is 2.13. The highest BCUT2D eigenvalue weighted by molar-refractivity contribution is 6.33. The minimum Gasteiger partial charge on any atom is -0.486 e. The predicted molar refractivity (Wildman–Crippen MR) is 76.5 cm³/mol. The molecule has 2 heterocycles. The van der Waals surface area contributed by atoms with Gasteiger partial charge in [0.1, 0.15) is 13.2 Å². The lowest BCUT2D eigenvalue weighted by molar-refractivity contribution is 0.171. The van der Waals surface area contributed by atoms with Gasteiger partial charge in [-0.2, -0.15) is 0 Å². The quantitative estimate of drug-likeness (QED) is 0.897. The van der Waals surface area contributed by atoms with E-state index >= 15 is 0 Å². The van der Waals surface area contributed by atoms with Gasteiger partial charge in [-0.3, -0.25) is 0 Å². The van der Waals surface area contributed by atoms with Crippen molar-refractivity contribution in [3.8, 4) is 11.5 Å². The van der Waals surface area contributed by atoms with Crippen molar-refractivity contribution in [3.05, 3.63) is 22.2 Å². The van der Waals surface area contributed by atoms with Crippen LogP contribution in [-0.4, -0.2) is 19.8 Å². The molecular formula is C15H20ClNO2. The lowest BCUT2D eigenvalue weighted by Crippen LogP contribution is -2.20. The first-order valence-electron chi connectivity index (χ1n) is 7.03. The molecule has 1 aromatic carbocycles. The number of hydrogen-bond donors (Lipinski definition) is 1. The number of halogens is 1. The highest BCUT2D eigenvalue weighted by Crippen LogP contribution is 2.46. The van der Waals surface area contributed by atoms with Gasteiger partial charge >= 0.3 is 0 Å². The summed E-state index contributed by atoms with van der Waals surface area (Å²) in [7, 11) is 0. The monoisotopic (exact) mass is 281 g/mol. The fourth-order valence-corrected chi connectivity index (χ4v) is 3.48. The molecule has 1 atom stereocenters. The van der Waals surface area contributed by atoms with Crippen LogP contribution < -0.4 is 14.8 Å². The fourth-order valence-electron chi connectivity index (χ4n) is 3.00. The van der Waals surface area contributed by atoms with E-state index in [-0.39, 0.29) is 0 Å². The van der Waals surface area contributed by atoms with Crippen molar-refractivity contribution in [3.63, 3.8) is 0 Å². The summed E-state index contributed by atoms with van der Waals surface area (Å²) in [5.74, 6) is 1.89. The van der Waals surface area contributed by atoms with Crippen LogP contribution in [0.4, 0.5) is 0 Å². The van der Waals surface area contributed by atoms with E-state index in [0.717, 1.165) is 29.5 Å². The molecule has 104 valence electrons. The third kappa shape index (κ3) is 2.30. The molecule has 0 radical (unpaired) electrons. The van der Waals surface area contributed by atoms with Gasteiger partial charge < -0.3 is 14.8 Å². The van der Waals surface area contributed by atoms with Gasteiger partial charge in [0.25, 0.3) is 0 Å². The van der Waals surface area contributed by atoms with Gasteiger partial charge in [-0.05, 0) is 42.5 Å². The maximum absolute atomic E-state index is 6.57. The SMILES string of the molecule is CC(C)c1c(C2CCCN2)cc2c(c1Cl)OCCO2. The zero-order chi connectivity index (χ0) is 13.4. The molecule has 0 bridgehead atoms. The highest BCUT2D eigenvalue weighted by atomic mass is 35.5. The molecule has 1 unspecified atom stereocenters. The van der Waals surface area contributed by atoms with Crippen molar-refractivity contribution in [2.24, 2.45) is 0 Å². The molecule has 3 nitrogen and oxygen atoms in total. The zero-order valence-electron chi connectivity index (χ0n) is 11.5. The van der Waals surface area contributed by atoms with Crippen molar-refractivity contribution < 1.29 is 9.47 Å². The molecular weight excluding hydrogens is 262 g/mol. The molecule has 3 rings (SSSR count). The van der Waals surface area contributed by atoms with E-state index in [9.17, 15) is 0 Å². The number of hydrogen-bond acceptors (Lipinski definition) is 3. The van der Waals surface area contributed by atoms with Gasteiger partial charge in [0.15, 0.2) is 11.5 Å². The molecule has 0 spiro atoms. The molecule has 0 aliphatic carbocycles. The Bertz CT molecular complexity index is 482. The molecule has 19 heavy (non-hydrogen) atoms. The van der Waals surface area contributed by atoms with E-state index < -0.39 is 0 Å². The van der Waals surface area contributed by atoms with Crippen LogP contribution in [0, 0.1) is 0 Å². The second-order valence-corrected chi connectivity index (χ2v) is 5.90. The molecule has 1 saturated heterocycles. The Hall–Kier alpha value is -0.930. The predicted octanol–water partition coefficient (Wildman–Crippen LogP) is 3.66. The standard InChI is InChI=1S/C15H20ClNO2/c1-9(2)13-10(11-4-3-5-17-11)8-12-15(14(13)16)19-7-6-18-12/h8-9,11,17H,3-7H2,1-2H3. The van der Waals surface area contributed by atoms with E-state index in [1.165, 1.54) is 17.5 Å². The van der Waals surface area contributed by atoms with Crippen molar-refractivity contribution in [2.75, 3.05) is 19.8 Å². The molecule has 1 fully saturated rings. The number of fused-ring (bicyclic) bond motifs is 1. The van der Waals surface area contributed by atoms with Crippen LogP contribution in [0.2, 0.25) is 5.02 Å². The van der Waals surface area contributed by atoms with Crippen LogP contribution in [0.15, 0.2) is 6.07 Å². The highest BCUT2D eigenvalue weighted by Gasteiger charge is 2.28. The van der Waals surface area contributed by atoms with Gasteiger partial charge in [0.05, 0.1) is 5.02 Å². The summed E-state index contributed by atoms with van der Waals surface area (Å²) in [5.41, 5.74) is 2.48. The Kier molecular flexibility index (Phi) is 3.59. The average molecular weight is 282 g/mol. The first-order chi connectivity index (χ1) is 9.18. The summed E-state index contributed by atoms with van der Waals surface area (Å²) >= 11 is 6.57. The Morgan fingerprint density at radius 3 is 2.79 bits per heavy atom. The van der Waals surface area contributed by atoms with Gasteiger partial charge in [-0.25, -0.2) is 0 Å². The second kappa shape index (κ2) is 5.22. The van der Waals surface area contributed by atoms with Crippen LogP contribution in [0.1, 0.15) is 49.8 Å². The summed E-state index contributed by atoms with van der Waals surface area (Å²) in [6.07, 6.45) is 2.38. The van der Waals surface area contributed by atoms with E-state index in [4.69, 9.17) is 21.1 Å². The van der Waals surface area contributed by atoms with Crippen LogP contribution in [0.5, 0.6) is 11.5 Å². The van der Waals surface area contributed by atoms with Crippen molar-refractivity contribution in [1.82, 2.24) is 5.32 Å². The van der Waals surface area contributed by atoms with E-state index in [1.807, 2.05) is 0 Å². The van der Waals surface area contributed by atoms with E-state index in [1.54, 1.807) is 0 Å². The Labute approximate surface area is 119 Å². The summed E-state index contributed by atoms with van der Waals surface area (Å²) in [6, 6.07) is 2.52. The number of ether oxygens (including phenoxy) is 2. The van der Waals surface area contributed by atoms with E-state index in [2.05, 4.69) is 25.2 Å². The minimum absolute atomic E-state index is 0.376. The van der Waals surface area contributed by atoms with Crippen LogP contribution in [0.3, 0.4) is 0 Å². The number of benzene rings is 1. The number of nitrogens with one attached hydrogen (secondary N) is 1. The molecule has 0 amide bonds. The van der Waals surface area contributed by atoms with Crippen LogP contribution in [0.25, 0.3) is 0 Å². The topological polar surface area (TPSA) is 30.5 Å². The second-order valence-electron chi connectivity index (χ2n) is 5.52. The van der Waals surface area contributed by atoms with Crippen LogP contribution in [-0.2, 0) is 0 Å². The summed E-state index contributed by atoms with van der Waals surface area (Å²) < 4.78 is 11.4. The first kappa shape index (κ1) is 13.1. The minimum atomic E-state index is 0.376. The first-order valence-corrected chi connectivity index (χ1v) is 7.41. The third-order valence-electron chi connectivity index (χ3n) is 3.86. The maximum Gasteiger partial charge on any atom is 0.180 e. The molecule has 0 saturated carbocycles. The van der Waals surface area contributed by atoms with Gasteiger partial charge in [-0.1, -0.05) is 25.4 Å². The summed E-state index contributed by atoms with van der Waals surface area (Å²) in [6.45, 7) is 6.60. The van der Waals surface area contributed by atoms with Crippen molar-refractivity contribution >= 4 is 11.6 Å². The zero-order valence-corrected chi connectivity index (χ0v) is 12.2. The molecule has 4 heteroatoms.